The van der Waals surface area contributed by atoms with Gasteiger partial charge in [0.05, 0.1) is 19.3 Å². The maximum atomic E-state index is 13.6. The number of hydrogen-bond donors (Lipinski definition) is 1. The van der Waals surface area contributed by atoms with Crippen molar-refractivity contribution in [1.29, 1.82) is 0 Å². The Bertz CT molecular complexity index is 902. The molecule has 0 saturated carbocycles. The fourth-order valence-electron chi connectivity index (χ4n) is 2.63. The zero-order chi connectivity index (χ0) is 19.8. The number of rotatable bonds is 10. The third-order valence-electron chi connectivity index (χ3n) is 3.99. The number of ether oxygens (including phenoxy) is 1. The molecule has 0 bridgehead atoms. The van der Waals surface area contributed by atoms with E-state index in [2.05, 4.69) is 16.8 Å². The Kier molecular flexibility index (Phi) is 7.36. The van der Waals surface area contributed by atoms with Gasteiger partial charge in [-0.1, -0.05) is 66.4 Å². The Balaban J connectivity index is 1.56. The summed E-state index contributed by atoms with van der Waals surface area (Å²) < 4.78 is 21.0. The van der Waals surface area contributed by atoms with Crippen molar-refractivity contribution in [3.05, 3.63) is 78.6 Å². The molecule has 7 heteroatoms. The molecule has 3 rings (SSSR count). The molecule has 1 aromatic heterocycles. The van der Waals surface area contributed by atoms with Gasteiger partial charge in [0.25, 0.3) is 0 Å². The van der Waals surface area contributed by atoms with Gasteiger partial charge in [-0.3, -0.25) is 4.57 Å². The normalized spacial score (nSPS) is 12.1. The minimum atomic E-state index is -0.703. The number of aromatic nitrogens is 3. The number of aliphatic hydroxyl groups excluding tert-OH is 1. The molecule has 0 aliphatic carbocycles. The molecule has 0 saturated heterocycles. The predicted molar refractivity (Wildman–Crippen MR) is 108 cm³/mol. The maximum Gasteiger partial charge on any atom is 0.191 e. The van der Waals surface area contributed by atoms with Crippen molar-refractivity contribution in [2.75, 3.05) is 12.4 Å². The lowest BCUT2D eigenvalue weighted by Gasteiger charge is -2.12. The second-order valence-electron chi connectivity index (χ2n) is 6.14. The van der Waals surface area contributed by atoms with E-state index in [4.69, 9.17) is 4.74 Å². The van der Waals surface area contributed by atoms with Crippen molar-refractivity contribution in [1.82, 2.24) is 14.8 Å². The van der Waals surface area contributed by atoms with Gasteiger partial charge in [-0.2, -0.15) is 0 Å². The maximum absolute atomic E-state index is 13.6. The average molecular weight is 399 g/mol. The number of aliphatic hydroxyl groups is 1. The lowest BCUT2D eigenvalue weighted by molar-refractivity contribution is 0.0386. The van der Waals surface area contributed by atoms with E-state index in [1.54, 1.807) is 24.3 Å². The average Bonchev–Trinajstić information content (AvgIpc) is 3.11. The van der Waals surface area contributed by atoms with Crippen LogP contribution in [-0.2, 0) is 17.9 Å². The molecule has 0 amide bonds. The van der Waals surface area contributed by atoms with Crippen LogP contribution in [0.25, 0.3) is 11.4 Å². The van der Waals surface area contributed by atoms with Gasteiger partial charge >= 0.3 is 0 Å². The Morgan fingerprint density at radius 2 is 1.89 bits per heavy atom. The summed E-state index contributed by atoms with van der Waals surface area (Å²) in [5.74, 6) is 0.840. The quantitative estimate of drug-likeness (QED) is 0.413. The van der Waals surface area contributed by atoms with E-state index < -0.39 is 6.10 Å². The Hall–Kier alpha value is -2.48. The topological polar surface area (TPSA) is 60.2 Å². The van der Waals surface area contributed by atoms with Crippen LogP contribution in [0.15, 0.2) is 72.4 Å². The van der Waals surface area contributed by atoms with Gasteiger partial charge in [0, 0.05) is 23.4 Å². The van der Waals surface area contributed by atoms with Gasteiger partial charge in [-0.15, -0.1) is 16.8 Å². The Morgan fingerprint density at radius 1 is 1.14 bits per heavy atom. The SMILES string of the molecule is C=CCn1c(SC[C@H](O)COCc2ccccc2F)nnc1-c1ccccc1. The molecule has 0 aliphatic rings. The fourth-order valence-corrected chi connectivity index (χ4v) is 3.48. The van der Waals surface area contributed by atoms with E-state index in [0.29, 0.717) is 23.0 Å². The Labute approximate surface area is 167 Å². The van der Waals surface area contributed by atoms with Gasteiger partial charge in [0.15, 0.2) is 11.0 Å². The van der Waals surface area contributed by atoms with Crippen molar-refractivity contribution in [3.8, 4) is 11.4 Å². The van der Waals surface area contributed by atoms with Crippen LogP contribution in [0, 0.1) is 5.82 Å². The van der Waals surface area contributed by atoms with Gasteiger partial charge in [0.2, 0.25) is 0 Å². The molecule has 5 nitrogen and oxygen atoms in total. The van der Waals surface area contributed by atoms with Gasteiger partial charge in [0.1, 0.15) is 5.82 Å². The number of hydrogen-bond acceptors (Lipinski definition) is 5. The standard InChI is InChI=1S/C21H22FN3O2S/c1-2-12-25-20(16-8-4-3-5-9-16)23-24-21(25)28-15-18(26)14-27-13-17-10-6-7-11-19(17)22/h2-11,18,26H,1,12-15H2/t18-/m1/s1. The first-order chi connectivity index (χ1) is 13.7. The summed E-state index contributed by atoms with van der Waals surface area (Å²) in [6.45, 7) is 4.60. The molecule has 0 fully saturated rings. The van der Waals surface area contributed by atoms with E-state index in [1.165, 1.54) is 17.8 Å². The van der Waals surface area contributed by atoms with Crippen molar-refractivity contribution in [3.63, 3.8) is 0 Å². The molecule has 2 aromatic carbocycles. The van der Waals surface area contributed by atoms with Crippen LogP contribution in [0.3, 0.4) is 0 Å². The third-order valence-corrected chi connectivity index (χ3v) is 5.10. The highest BCUT2D eigenvalue weighted by Gasteiger charge is 2.15. The molecule has 1 atom stereocenters. The number of allylic oxidation sites excluding steroid dienone is 1. The lowest BCUT2D eigenvalue weighted by atomic mass is 10.2. The summed E-state index contributed by atoms with van der Waals surface area (Å²) in [7, 11) is 0. The van der Waals surface area contributed by atoms with Crippen molar-refractivity contribution < 1.29 is 14.2 Å². The first-order valence-corrected chi connectivity index (χ1v) is 9.89. The largest absolute Gasteiger partial charge is 0.390 e. The summed E-state index contributed by atoms with van der Waals surface area (Å²) in [6, 6.07) is 16.2. The molecule has 28 heavy (non-hydrogen) atoms. The van der Waals surface area contributed by atoms with Gasteiger partial charge in [-0.25, -0.2) is 4.39 Å². The highest BCUT2D eigenvalue weighted by Crippen LogP contribution is 2.24. The summed E-state index contributed by atoms with van der Waals surface area (Å²) in [5, 5.41) is 19.4. The predicted octanol–water partition coefficient (Wildman–Crippen LogP) is 3.94. The van der Waals surface area contributed by atoms with E-state index in [-0.39, 0.29) is 19.0 Å². The highest BCUT2D eigenvalue weighted by atomic mass is 32.2. The zero-order valence-electron chi connectivity index (χ0n) is 15.4. The number of nitrogens with zero attached hydrogens (tertiary/aromatic N) is 3. The minimum Gasteiger partial charge on any atom is -0.390 e. The molecule has 146 valence electrons. The molecular weight excluding hydrogens is 377 g/mol. The van der Waals surface area contributed by atoms with Gasteiger partial charge in [-0.05, 0) is 6.07 Å². The van der Waals surface area contributed by atoms with E-state index in [9.17, 15) is 9.50 Å². The lowest BCUT2D eigenvalue weighted by Crippen LogP contribution is -2.18. The van der Waals surface area contributed by atoms with Crippen LogP contribution < -0.4 is 0 Å². The van der Waals surface area contributed by atoms with Crippen LogP contribution >= 0.6 is 11.8 Å². The monoisotopic (exact) mass is 399 g/mol. The summed E-state index contributed by atoms with van der Waals surface area (Å²) in [5.41, 5.74) is 1.44. The number of thioether (sulfide) groups is 1. The first-order valence-electron chi connectivity index (χ1n) is 8.90. The number of benzene rings is 2. The van der Waals surface area contributed by atoms with E-state index in [0.717, 1.165) is 11.4 Å². The summed E-state index contributed by atoms with van der Waals surface area (Å²) >= 11 is 1.40. The van der Waals surface area contributed by atoms with Crippen LogP contribution in [0.2, 0.25) is 0 Å². The van der Waals surface area contributed by atoms with Gasteiger partial charge < -0.3 is 9.84 Å². The smallest absolute Gasteiger partial charge is 0.191 e. The molecule has 3 aromatic rings. The van der Waals surface area contributed by atoms with Crippen LogP contribution in [0.1, 0.15) is 5.56 Å². The molecule has 0 spiro atoms. The second-order valence-corrected chi connectivity index (χ2v) is 7.13. The molecule has 0 aliphatic heterocycles. The van der Waals surface area contributed by atoms with E-state index in [1.807, 2.05) is 34.9 Å². The van der Waals surface area contributed by atoms with Crippen molar-refractivity contribution in [2.24, 2.45) is 0 Å². The van der Waals surface area contributed by atoms with E-state index >= 15 is 0 Å². The molecule has 0 radical (unpaired) electrons. The van der Waals surface area contributed by atoms with Crippen molar-refractivity contribution >= 4 is 11.8 Å². The molecule has 1 N–H and O–H groups in total. The number of halogens is 1. The van der Waals surface area contributed by atoms with Crippen LogP contribution in [0.5, 0.6) is 0 Å². The fraction of sp³-hybridized carbons (Fsp3) is 0.238. The first kappa shape index (κ1) is 20.3. The van der Waals surface area contributed by atoms with Crippen LogP contribution in [0.4, 0.5) is 4.39 Å². The summed E-state index contributed by atoms with van der Waals surface area (Å²) in [6.07, 6.45) is 1.08. The Morgan fingerprint density at radius 3 is 2.64 bits per heavy atom. The third kappa shape index (κ3) is 5.28. The van der Waals surface area contributed by atoms with Crippen molar-refractivity contribution in [2.45, 2.75) is 24.4 Å². The molecular formula is C21H22FN3O2S. The molecule has 0 unspecified atom stereocenters. The molecule has 1 heterocycles. The van der Waals surface area contributed by atoms with Crippen LogP contribution in [-0.4, -0.2) is 38.3 Å². The highest BCUT2D eigenvalue weighted by molar-refractivity contribution is 7.99. The minimum absolute atomic E-state index is 0.114. The second kappa shape index (κ2) is 10.2. The zero-order valence-corrected chi connectivity index (χ0v) is 16.2. The summed E-state index contributed by atoms with van der Waals surface area (Å²) in [4.78, 5) is 0.